The highest BCUT2D eigenvalue weighted by atomic mass is 16.5. The zero-order chi connectivity index (χ0) is 18.7. The van der Waals surface area contributed by atoms with Gasteiger partial charge in [-0.05, 0) is 13.0 Å². The van der Waals surface area contributed by atoms with Gasteiger partial charge in [-0.2, -0.15) is 5.10 Å². The number of hydrogen-bond acceptors (Lipinski definition) is 5. The van der Waals surface area contributed by atoms with E-state index in [4.69, 9.17) is 4.74 Å². The second-order valence-corrected chi connectivity index (χ2v) is 6.47. The van der Waals surface area contributed by atoms with Gasteiger partial charge in [0, 0.05) is 45.4 Å². The van der Waals surface area contributed by atoms with Gasteiger partial charge in [-0.1, -0.05) is 0 Å². The molecule has 0 aromatic carbocycles. The van der Waals surface area contributed by atoms with E-state index in [0.29, 0.717) is 30.9 Å². The Morgan fingerprint density at radius 2 is 2.23 bits per heavy atom. The monoisotopic (exact) mass is 357 g/mol. The Balaban J connectivity index is 1.59. The SMILES string of the molecule is CC(=O)NCc1cc(OC2CCN(C(=O)c3cn(C)nc3C)C2)ccn1. The Bertz CT molecular complexity index is 817. The molecule has 3 rings (SSSR count). The van der Waals surface area contributed by atoms with Gasteiger partial charge in [-0.15, -0.1) is 0 Å². The van der Waals surface area contributed by atoms with E-state index in [-0.39, 0.29) is 17.9 Å². The number of amides is 2. The first-order valence-electron chi connectivity index (χ1n) is 8.58. The van der Waals surface area contributed by atoms with Crippen LogP contribution in [0.1, 0.15) is 35.1 Å². The fourth-order valence-corrected chi connectivity index (χ4v) is 3.02. The molecule has 0 aliphatic carbocycles. The number of carbonyl (C=O) groups is 2. The van der Waals surface area contributed by atoms with Crippen LogP contribution in [0.4, 0.5) is 0 Å². The molecule has 2 aromatic heterocycles. The molecule has 138 valence electrons. The fourth-order valence-electron chi connectivity index (χ4n) is 3.02. The Hall–Kier alpha value is -2.90. The Kier molecular flexibility index (Phi) is 5.20. The van der Waals surface area contributed by atoms with Crippen molar-refractivity contribution in [2.75, 3.05) is 13.1 Å². The van der Waals surface area contributed by atoms with Crippen molar-refractivity contribution in [2.24, 2.45) is 7.05 Å². The number of aromatic nitrogens is 3. The van der Waals surface area contributed by atoms with Crippen molar-refractivity contribution >= 4 is 11.8 Å². The molecule has 3 heterocycles. The van der Waals surface area contributed by atoms with Gasteiger partial charge >= 0.3 is 0 Å². The fraction of sp³-hybridized carbons (Fsp3) is 0.444. The maximum absolute atomic E-state index is 12.6. The first-order chi connectivity index (χ1) is 12.4. The van der Waals surface area contributed by atoms with Gasteiger partial charge < -0.3 is 15.0 Å². The molecule has 2 aromatic rings. The van der Waals surface area contributed by atoms with E-state index in [9.17, 15) is 9.59 Å². The number of nitrogens with one attached hydrogen (secondary N) is 1. The standard InChI is InChI=1S/C18H23N5O3/c1-12-17(11-22(3)21-12)18(25)23-7-5-16(10-23)26-15-4-6-19-14(8-15)9-20-13(2)24/h4,6,8,11,16H,5,7,9-10H2,1-3H3,(H,20,24). The molecule has 1 fully saturated rings. The molecule has 2 amide bonds. The van der Waals surface area contributed by atoms with Crippen molar-refractivity contribution in [1.82, 2.24) is 25.0 Å². The molecular formula is C18H23N5O3. The molecular weight excluding hydrogens is 334 g/mol. The van der Waals surface area contributed by atoms with Gasteiger partial charge in [-0.3, -0.25) is 19.3 Å². The summed E-state index contributed by atoms with van der Waals surface area (Å²) in [4.78, 5) is 29.7. The Labute approximate surface area is 152 Å². The van der Waals surface area contributed by atoms with E-state index in [1.165, 1.54) is 6.92 Å². The summed E-state index contributed by atoms with van der Waals surface area (Å²) >= 11 is 0. The zero-order valence-electron chi connectivity index (χ0n) is 15.2. The number of aryl methyl sites for hydroxylation is 2. The van der Waals surface area contributed by atoms with Crippen LogP contribution in [-0.4, -0.2) is 50.7 Å². The van der Waals surface area contributed by atoms with E-state index < -0.39 is 0 Å². The molecule has 0 radical (unpaired) electrons. The first-order valence-corrected chi connectivity index (χ1v) is 8.58. The third-order valence-electron chi connectivity index (χ3n) is 4.29. The van der Waals surface area contributed by atoms with Crippen molar-refractivity contribution in [3.63, 3.8) is 0 Å². The summed E-state index contributed by atoms with van der Waals surface area (Å²) in [5.74, 6) is 0.578. The normalized spacial score (nSPS) is 16.6. The minimum atomic E-state index is -0.103. The van der Waals surface area contributed by atoms with Gasteiger partial charge in [0.2, 0.25) is 5.91 Å². The van der Waals surface area contributed by atoms with Gasteiger partial charge in [0.05, 0.1) is 30.0 Å². The third kappa shape index (κ3) is 4.19. The average molecular weight is 357 g/mol. The van der Waals surface area contributed by atoms with E-state index >= 15 is 0 Å². The van der Waals surface area contributed by atoms with E-state index in [2.05, 4.69) is 15.4 Å². The van der Waals surface area contributed by atoms with Crippen LogP contribution in [0.5, 0.6) is 5.75 Å². The first kappa shape index (κ1) is 17.9. The summed E-state index contributed by atoms with van der Waals surface area (Å²) in [6, 6.07) is 3.60. The maximum atomic E-state index is 12.6. The molecule has 1 aliphatic heterocycles. The molecule has 0 saturated carbocycles. The maximum Gasteiger partial charge on any atom is 0.257 e. The highest BCUT2D eigenvalue weighted by molar-refractivity contribution is 5.95. The molecule has 1 atom stereocenters. The lowest BCUT2D eigenvalue weighted by Crippen LogP contribution is -2.31. The van der Waals surface area contributed by atoms with Gasteiger partial charge in [0.1, 0.15) is 11.9 Å². The molecule has 0 bridgehead atoms. The summed E-state index contributed by atoms with van der Waals surface area (Å²) in [6.45, 7) is 4.86. The molecule has 1 unspecified atom stereocenters. The number of carbonyl (C=O) groups excluding carboxylic acids is 2. The topological polar surface area (TPSA) is 89.4 Å². The Morgan fingerprint density at radius 3 is 2.92 bits per heavy atom. The van der Waals surface area contributed by atoms with Crippen molar-refractivity contribution in [1.29, 1.82) is 0 Å². The number of hydrogen-bond donors (Lipinski definition) is 1. The van der Waals surface area contributed by atoms with Crippen molar-refractivity contribution < 1.29 is 14.3 Å². The summed E-state index contributed by atoms with van der Waals surface area (Å²) in [5, 5.41) is 6.94. The quantitative estimate of drug-likeness (QED) is 0.864. The molecule has 1 saturated heterocycles. The molecule has 8 nitrogen and oxygen atoms in total. The molecule has 1 N–H and O–H groups in total. The van der Waals surface area contributed by atoms with Crippen LogP contribution < -0.4 is 10.1 Å². The van der Waals surface area contributed by atoms with Crippen molar-refractivity contribution in [3.05, 3.63) is 41.5 Å². The molecule has 26 heavy (non-hydrogen) atoms. The van der Waals surface area contributed by atoms with Crippen LogP contribution in [0.15, 0.2) is 24.5 Å². The van der Waals surface area contributed by atoms with Crippen LogP contribution >= 0.6 is 0 Å². The van der Waals surface area contributed by atoms with Crippen LogP contribution in [-0.2, 0) is 18.4 Å². The number of nitrogens with zero attached hydrogens (tertiary/aromatic N) is 4. The summed E-state index contributed by atoms with van der Waals surface area (Å²) in [5.41, 5.74) is 2.10. The molecule has 1 aliphatic rings. The van der Waals surface area contributed by atoms with Crippen molar-refractivity contribution in [3.8, 4) is 5.75 Å². The highest BCUT2D eigenvalue weighted by Crippen LogP contribution is 2.21. The molecule has 0 spiro atoms. The minimum Gasteiger partial charge on any atom is -0.488 e. The Morgan fingerprint density at radius 1 is 1.42 bits per heavy atom. The lowest BCUT2D eigenvalue weighted by atomic mass is 10.2. The smallest absolute Gasteiger partial charge is 0.257 e. The largest absolute Gasteiger partial charge is 0.488 e. The van der Waals surface area contributed by atoms with Crippen LogP contribution in [0.3, 0.4) is 0 Å². The van der Waals surface area contributed by atoms with E-state index in [1.807, 2.05) is 20.0 Å². The summed E-state index contributed by atoms with van der Waals surface area (Å²) in [7, 11) is 1.81. The predicted octanol–water partition coefficient (Wildman–Crippen LogP) is 1.05. The second kappa shape index (κ2) is 7.55. The van der Waals surface area contributed by atoms with Gasteiger partial charge in [-0.25, -0.2) is 0 Å². The predicted molar refractivity (Wildman–Crippen MR) is 94.6 cm³/mol. The average Bonchev–Trinajstić information content (AvgIpc) is 3.19. The number of pyridine rings is 1. The lowest BCUT2D eigenvalue weighted by Gasteiger charge is -2.17. The second-order valence-electron chi connectivity index (χ2n) is 6.47. The number of likely N-dealkylation sites (tertiary alicyclic amines) is 1. The van der Waals surface area contributed by atoms with Gasteiger partial charge in [0.25, 0.3) is 5.91 Å². The van der Waals surface area contributed by atoms with E-state index in [0.717, 1.165) is 17.8 Å². The number of rotatable bonds is 5. The van der Waals surface area contributed by atoms with Crippen LogP contribution in [0.2, 0.25) is 0 Å². The zero-order valence-corrected chi connectivity index (χ0v) is 15.2. The van der Waals surface area contributed by atoms with Crippen molar-refractivity contribution in [2.45, 2.75) is 32.9 Å². The highest BCUT2D eigenvalue weighted by Gasteiger charge is 2.29. The lowest BCUT2D eigenvalue weighted by molar-refractivity contribution is -0.119. The van der Waals surface area contributed by atoms with Crippen LogP contribution in [0, 0.1) is 6.92 Å². The third-order valence-corrected chi connectivity index (χ3v) is 4.29. The van der Waals surface area contributed by atoms with Crippen LogP contribution in [0.25, 0.3) is 0 Å². The minimum absolute atomic E-state index is 0.0113. The van der Waals surface area contributed by atoms with E-state index in [1.54, 1.807) is 28.0 Å². The number of ether oxygens (including phenoxy) is 1. The summed E-state index contributed by atoms with van der Waals surface area (Å²) in [6.07, 6.45) is 4.12. The molecule has 8 heteroatoms. The van der Waals surface area contributed by atoms with Gasteiger partial charge in [0.15, 0.2) is 0 Å². The summed E-state index contributed by atoms with van der Waals surface area (Å²) < 4.78 is 7.66.